The van der Waals surface area contributed by atoms with E-state index in [0.29, 0.717) is 11.2 Å². The summed E-state index contributed by atoms with van der Waals surface area (Å²) in [5.41, 5.74) is 7.40. The Bertz CT molecular complexity index is 331. The lowest BCUT2D eigenvalue weighted by atomic mass is 9.70. The van der Waals surface area contributed by atoms with Crippen LogP contribution in [-0.4, -0.2) is 17.2 Å². The first-order chi connectivity index (χ1) is 6.32. The average molecular weight is 193 g/mol. The number of hydrogen-bond donors (Lipinski definition) is 3. The molecule has 1 aromatic rings. The second-order valence-electron chi connectivity index (χ2n) is 4.47. The normalized spacial score (nSPS) is 11.5. The second kappa shape index (κ2) is 3.63. The smallest absolute Gasteiger partial charge is 0.423 e. The van der Waals surface area contributed by atoms with E-state index in [4.69, 9.17) is 5.73 Å². The molecule has 0 saturated carbocycles. The van der Waals surface area contributed by atoms with Crippen molar-refractivity contribution in [2.24, 2.45) is 0 Å². The summed E-state index contributed by atoms with van der Waals surface area (Å²) >= 11 is 0. The van der Waals surface area contributed by atoms with Gasteiger partial charge < -0.3 is 15.8 Å². The van der Waals surface area contributed by atoms with Crippen molar-refractivity contribution in [3.8, 4) is 0 Å². The molecule has 0 radical (unpaired) electrons. The fraction of sp³-hybridized carbons (Fsp3) is 0.400. The van der Waals surface area contributed by atoms with Crippen molar-refractivity contribution in [1.29, 1.82) is 0 Å². The first-order valence-corrected chi connectivity index (χ1v) is 4.58. The minimum absolute atomic E-state index is 0.118. The molecule has 0 spiro atoms. The van der Waals surface area contributed by atoms with E-state index in [1.807, 2.05) is 26.8 Å². The molecule has 0 aliphatic rings. The van der Waals surface area contributed by atoms with Crippen LogP contribution in [0.5, 0.6) is 0 Å². The lowest BCUT2D eigenvalue weighted by molar-refractivity contribution is 0.424. The summed E-state index contributed by atoms with van der Waals surface area (Å²) in [4.78, 5) is 0. The molecule has 0 heterocycles. The van der Waals surface area contributed by atoms with Gasteiger partial charge in [-0.2, -0.15) is 0 Å². The molecule has 4 N–H and O–H groups in total. The molecular formula is C10H16BNO2. The van der Waals surface area contributed by atoms with E-state index >= 15 is 0 Å². The summed E-state index contributed by atoms with van der Waals surface area (Å²) in [5.74, 6) is 0. The fourth-order valence-corrected chi connectivity index (χ4v) is 1.48. The zero-order valence-electron chi connectivity index (χ0n) is 8.78. The molecule has 0 aliphatic heterocycles. The Morgan fingerprint density at radius 1 is 1.21 bits per heavy atom. The standard InChI is InChI=1S/C10H16BNO2/c1-10(2,3)8-5-4-7(12)6-9(8)11(13)14/h4-6,13-14H,12H2,1-3H3. The van der Waals surface area contributed by atoms with Crippen LogP contribution in [0.3, 0.4) is 0 Å². The van der Waals surface area contributed by atoms with E-state index in [0.717, 1.165) is 5.56 Å². The van der Waals surface area contributed by atoms with Crippen molar-refractivity contribution in [3.05, 3.63) is 23.8 Å². The molecule has 4 heteroatoms. The van der Waals surface area contributed by atoms with Crippen molar-refractivity contribution < 1.29 is 10.0 Å². The van der Waals surface area contributed by atoms with Gasteiger partial charge in [0, 0.05) is 5.69 Å². The number of nitrogen functional groups attached to an aromatic ring is 1. The summed E-state index contributed by atoms with van der Waals surface area (Å²) in [6, 6.07) is 5.21. The molecular weight excluding hydrogens is 177 g/mol. The predicted octanol–water partition coefficient (Wildman–Crippen LogP) is 0.246. The molecule has 0 aliphatic carbocycles. The van der Waals surface area contributed by atoms with Crippen molar-refractivity contribution in [3.63, 3.8) is 0 Å². The van der Waals surface area contributed by atoms with Gasteiger partial charge >= 0.3 is 7.12 Å². The van der Waals surface area contributed by atoms with Crippen LogP contribution in [0, 0.1) is 0 Å². The maximum atomic E-state index is 9.19. The molecule has 0 atom stereocenters. The number of anilines is 1. The summed E-state index contributed by atoms with van der Waals surface area (Å²) < 4.78 is 0. The third-order valence-electron chi connectivity index (χ3n) is 2.16. The third kappa shape index (κ3) is 2.27. The topological polar surface area (TPSA) is 66.5 Å². The maximum absolute atomic E-state index is 9.19. The molecule has 14 heavy (non-hydrogen) atoms. The number of benzene rings is 1. The zero-order valence-corrected chi connectivity index (χ0v) is 8.78. The van der Waals surface area contributed by atoms with Crippen LogP contribution in [0.4, 0.5) is 5.69 Å². The van der Waals surface area contributed by atoms with Gasteiger partial charge in [-0.15, -0.1) is 0 Å². The molecule has 0 aromatic heterocycles. The summed E-state index contributed by atoms with van der Waals surface area (Å²) in [7, 11) is -1.47. The van der Waals surface area contributed by atoms with Gasteiger partial charge in [-0.05, 0) is 28.6 Å². The Morgan fingerprint density at radius 2 is 1.79 bits per heavy atom. The second-order valence-corrected chi connectivity index (χ2v) is 4.47. The Labute approximate surface area is 84.7 Å². The summed E-state index contributed by atoms with van der Waals surface area (Å²) in [5, 5.41) is 18.4. The molecule has 0 unspecified atom stereocenters. The molecule has 1 rings (SSSR count). The fourth-order valence-electron chi connectivity index (χ4n) is 1.48. The highest BCUT2D eigenvalue weighted by molar-refractivity contribution is 6.59. The van der Waals surface area contributed by atoms with Crippen LogP contribution in [0.1, 0.15) is 26.3 Å². The maximum Gasteiger partial charge on any atom is 0.488 e. The molecule has 0 amide bonds. The Balaban J connectivity index is 3.29. The molecule has 0 saturated heterocycles. The average Bonchev–Trinajstić information content (AvgIpc) is 2.01. The molecule has 0 fully saturated rings. The summed E-state index contributed by atoms with van der Waals surface area (Å²) in [6.07, 6.45) is 0. The number of rotatable bonds is 1. The highest BCUT2D eigenvalue weighted by Gasteiger charge is 2.23. The van der Waals surface area contributed by atoms with E-state index < -0.39 is 7.12 Å². The Morgan fingerprint density at radius 3 is 2.21 bits per heavy atom. The van der Waals surface area contributed by atoms with Crippen molar-refractivity contribution in [2.45, 2.75) is 26.2 Å². The zero-order chi connectivity index (χ0) is 10.9. The van der Waals surface area contributed by atoms with Gasteiger partial charge in [0.2, 0.25) is 0 Å². The largest absolute Gasteiger partial charge is 0.488 e. The Hall–Kier alpha value is -0.995. The molecule has 76 valence electrons. The van der Waals surface area contributed by atoms with E-state index in [9.17, 15) is 10.0 Å². The predicted molar refractivity (Wildman–Crippen MR) is 59.4 cm³/mol. The van der Waals surface area contributed by atoms with E-state index in [2.05, 4.69) is 0 Å². The van der Waals surface area contributed by atoms with E-state index in [1.54, 1.807) is 12.1 Å². The van der Waals surface area contributed by atoms with E-state index in [1.165, 1.54) is 0 Å². The molecule has 3 nitrogen and oxygen atoms in total. The number of nitrogens with two attached hydrogens (primary N) is 1. The molecule has 1 aromatic carbocycles. The monoisotopic (exact) mass is 193 g/mol. The highest BCUT2D eigenvalue weighted by Crippen LogP contribution is 2.21. The molecule has 0 bridgehead atoms. The van der Waals surface area contributed by atoms with Crippen molar-refractivity contribution in [2.75, 3.05) is 5.73 Å². The lowest BCUT2D eigenvalue weighted by Crippen LogP contribution is -2.37. The van der Waals surface area contributed by atoms with Crippen LogP contribution in [0.25, 0.3) is 0 Å². The van der Waals surface area contributed by atoms with Gasteiger partial charge in [-0.1, -0.05) is 26.8 Å². The van der Waals surface area contributed by atoms with Crippen LogP contribution < -0.4 is 11.2 Å². The van der Waals surface area contributed by atoms with Gasteiger partial charge in [-0.3, -0.25) is 0 Å². The van der Waals surface area contributed by atoms with Gasteiger partial charge in [0.05, 0.1) is 0 Å². The minimum atomic E-state index is -1.47. The van der Waals surface area contributed by atoms with Crippen LogP contribution in [-0.2, 0) is 5.41 Å². The number of hydrogen-bond acceptors (Lipinski definition) is 3. The SMILES string of the molecule is CC(C)(C)c1ccc(N)cc1B(O)O. The van der Waals surface area contributed by atoms with Gasteiger partial charge in [-0.25, -0.2) is 0 Å². The third-order valence-corrected chi connectivity index (χ3v) is 2.16. The van der Waals surface area contributed by atoms with Gasteiger partial charge in [0.25, 0.3) is 0 Å². The van der Waals surface area contributed by atoms with Crippen molar-refractivity contribution >= 4 is 18.3 Å². The first kappa shape index (κ1) is 11.1. The first-order valence-electron chi connectivity index (χ1n) is 4.58. The van der Waals surface area contributed by atoms with Crippen LogP contribution in [0.15, 0.2) is 18.2 Å². The highest BCUT2D eigenvalue weighted by atomic mass is 16.4. The van der Waals surface area contributed by atoms with Gasteiger partial charge in [0.1, 0.15) is 0 Å². The quantitative estimate of drug-likeness (QED) is 0.442. The van der Waals surface area contributed by atoms with Gasteiger partial charge in [0.15, 0.2) is 0 Å². The Kier molecular flexibility index (Phi) is 2.88. The van der Waals surface area contributed by atoms with Crippen molar-refractivity contribution in [1.82, 2.24) is 0 Å². The summed E-state index contributed by atoms with van der Waals surface area (Å²) in [6.45, 7) is 6.05. The lowest BCUT2D eigenvalue weighted by Gasteiger charge is -2.23. The van der Waals surface area contributed by atoms with E-state index in [-0.39, 0.29) is 5.41 Å². The van der Waals surface area contributed by atoms with Crippen LogP contribution in [0.2, 0.25) is 0 Å². The van der Waals surface area contributed by atoms with Crippen LogP contribution >= 0.6 is 0 Å². The minimum Gasteiger partial charge on any atom is -0.423 e.